The van der Waals surface area contributed by atoms with Gasteiger partial charge in [-0.25, -0.2) is 9.97 Å². The van der Waals surface area contributed by atoms with E-state index in [1.807, 2.05) is 0 Å². The third-order valence-electron chi connectivity index (χ3n) is 1.56. The minimum Gasteiger partial charge on any atom is -0.214 e. The predicted octanol–water partition coefficient (Wildman–Crippen LogP) is 4.93. The number of aromatic nitrogens is 2. The van der Waals surface area contributed by atoms with Gasteiger partial charge < -0.3 is 0 Å². The maximum Gasteiger partial charge on any atom is 0.172 e. The monoisotopic (exact) mass is 342 g/mol. The molecule has 0 spiro atoms. The summed E-state index contributed by atoms with van der Waals surface area (Å²) in [5.41, 5.74) is 0. The molecule has 0 radical (unpaired) electrons. The Morgan fingerprint density at radius 1 is 1.13 bits per heavy atom. The van der Waals surface area contributed by atoms with Crippen molar-refractivity contribution in [1.82, 2.24) is 9.97 Å². The quantitative estimate of drug-likeness (QED) is 0.686. The van der Waals surface area contributed by atoms with Crippen molar-refractivity contribution in [2.45, 2.75) is 0 Å². The first-order valence-corrected chi connectivity index (χ1v) is 6.51. The van der Waals surface area contributed by atoms with Crippen molar-refractivity contribution >= 4 is 62.1 Å². The van der Waals surface area contributed by atoms with Gasteiger partial charge in [-0.1, -0.05) is 34.8 Å². The van der Waals surface area contributed by atoms with Gasteiger partial charge in [-0.15, -0.1) is 11.3 Å². The molecule has 2 nitrogen and oxygen atoms in total. The maximum atomic E-state index is 5.87. The van der Waals surface area contributed by atoms with Gasteiger partial charge in [0.2, 0.25) is 0 Å². The van der Waals surface area contributed by atoms with Crippen molar-refractivity contribution in [3.8, 4) is 10.7 Å². The second kappa shape index (κ2) is 4.55. The highest BCUT2D eigenvalue weighted by Crippen LogP contribution is 2.33. The molecule has 0 N–H and O–H groups in total. The molecular formula is C8H2BrCl3N2S. The molecule has 7 heteroatoms. The Hall–Kier alpha value is 0.130. The van der Waals surface area contributed by atoms with Crippen LogP contribution in [0.15, 0.2) is 15.9 Å². The molecular weight excluding hydrogens is 342 g/mol. The van der Waals surface area contributed by atoms with Crippen LogP contribution in [0, 0.1) is 0 Å². The zero-order valence-corrected chi connectivity index (χ0v) is 11.6. The van der Waals surface area contributed by atoms with Gasteiger partial charge >= 0.3 is 0 Å². The van der Waals surface area contributed by atoms with Gasteiger partial charge in [-0.05, 0) is 22.0 Å². The van der Waals surface area contributed by atoms with Gasteiger partial charge in [0.1, 0.15) is 10.3 Å². The number of thiophene rings is 1. The summed E-state index contributed by atoms with van der Waals surface area (Å²) in [6.45, 7) is 0. The summed E-state index contributed by atoms with van der Waals surface area (Å²) in [6.07, 6.45) is 0. The first kappa shape index (κ1) is 11.6. The number of hydrogen-bond acceptors (Lipinski definition) is 3. The van der Waals surface area contributed by atoms with E-state index < -0.39 is 0 Å². The Labute approximate surface area is 113 Å². The molecule has 0 bridgehead atoms. The van der Waals surface area contributed by atoms with E-state index in [0.29, 0.717) is 15.3 Å². The van der Waals surface area contributed by atoms with E-state index in [1.165, 1.54) is 11.3 Å². The topological polar surface area (TPSA) is 25.8 Å². The average Bonchev–Trinajstić information content (AvgIpc) is 2.60. The second-order valence-electron chi connectivity index (χ2n) is 2.57. The fourth-order valence-electron chi connectivity index (χ4n) is 0.935. The zero-order valence-electron chi connectivity index (χ0n) is 6.97. The smallest absolute Gasteiger partial charge is 0.172 e. The summed E-state index contributed by atoms with van der Waals surface area (Å²) in [5, 5.41) is 3.02. The van der Waals surface area contributed by atoms with Crippen LogP contribution in [0.1, 0.15) is 0 Å². The fraction of sp³-hybridized carbons (Fsp3) is 0. The van der Waals surface area contributed by atoms with Crippen LogP contribution < -0.4 is 0 Å². The lowest BCUT2D eigenvalue weighted by molar-refractivity contribution is 1.17. The summed E-state index contributed by atoms with van der Waals surface area (Å²) in [7, 11) is 0. The Balaban J connectivity index is 2.55. The molecule has 0 fully saturated rings. The van der Waals surface area contributed by atoms with Crippen LogP contribution in [0.5, 0.6) is 0 Å². The lowest BCUT2D eigenvalue weighted by atomic mass is 10.4. The lowest BCUT2D eigenvalue weighted by Gasteiger charge is -2.00. The van der Waals surface area contributed by atoms with Crippen LogP contribution in [0.4, 0.5) is 0 Å². The van der Waals surface area contributed by atoms with Crippen LogP contribution >= 0.6 is 62.1 Å². The minimum absolute atomic E-state index is 0.287. The SMILES string of the molecule is Clc1csc(-c2nc(Cl)c(Br)c(Cl)n2)c1. The summed E-state index contributed by atoms with van der Waals surface area (Å²) < 4.78 is 0.497. The molecule has 0 aliphatic rings. The largest absolute Gasteiger partial charge is 0.214 e. The molecule has 0 atom stereocenters. The summed E-state index contributed by atoms with van der Waals surface area (Å²) >= 11 is 22.1. The van der Waals surface area contributed by atoms with Crippen molar-refractivity contribution in [3.05, 3.63) is 31.2 Å². The van der Waals surface area contributed by atoms with Crippen molar-refractivity contribution in [3.63, 3.8) is 0 Å². The minimum atomic E-state index is 0.287. The highest BCUT2D eigenvalue weighted by atomic mass is 79.9. The van der Waals surface area contributed by atoms with E-state index in [9.17, 15) is 0 Å². The predicted molar refractivity (Wildman–Crippen MR) is 68.1 cm³/mol. The molecule has 0 unspecified atom stereocenters. The van der Waals surface area contributed by atoms with Crippen LogP contribution in [-0.4, -0.2) is 9.97 Å². The van der Waals surface area contributed by atoms with Crippen LogP contribution in [0.3, 0.4) is 0 Å². The fourth-order valence-corrected chi connectivity index (χ4v) is 2.51. The van der Waals surface area contributed by atoms with Crippen LogP contribution in [0.2, 0.25) is 15.3 Å². The normalized spacial score (nSPS) is 10.7. The van der Waals surface area contributed by atoms with E-state index in [4.69, 9.17) is 34.8 Å². The van der Waals surface area contributed by atoms with E-state index in [2.05, 4.69) is 25.9 Å². The Bertz CT molecular complexity index is 491. The Morgan fingerprint density at radius 3 is 2.20 bits per heavy atom. The summed E-state index contributed by atoms with van der Waals surface area (Å²) in [5.74, 6) is 0.477. The summed E-state index contributed by atoms with van der Waals surface area (Å²) in [4.78, 5) is 9.01. The van der Waals surface area contributed by atoms with Crippen molar-refractivity contribution in [2.75, 3.05) is 0 Å². The van der Waals surface area contributed by atoms with Gasteiger partial charge in [0.15, 0.2) is 5.82 Å². The van der Waals surface area contributed by atoms with E-state index in [1.54, 1.807) is 11.4 Å². The molecule has 2 aromatic heterocycles. The second-order valence-corrected chi connectivity index (χ2v) is 5.43. The number of nitrogens with zero attached hydrogens (tertiary/aromatic N) is 2. The van der Waals surface area contributed by atoms with Gasteiger partial charge in [0, 0.05) is 5.38 Å². The summed E-state index contributed by atoms with van der Waals surface area (Å²) in [6, 6.07) is 1.77. The molecule has 0 aliphatic carbocycles. The van der Waals surface area contributed by atoms with E-state index in [0.717, 1.165) is 4.88 Å². The molecule has 0 saturated heterocycles. The van der Waals surface area contributed by atoms with Crippen LogP contribution in [0.25, 0.3) is 10.7 Å². The molecule has 2 rings (SSSR count). The van der Waals surface area contributed by atoms with Gasteiger partial charge in [-0.3, -0.25) is 0 Å². The average molecular weight is 344 g/mol. The van der Waals surface area contributed by atoms with Gasteiger partial charge in [-0.2, -0.15) is 0 Å². The maximum absolute atomic E-state index is 5.87. The molecule has 15 heavy (non-hydrogen) atoms. The van der Waals surface area contributed by atoms with Crippen molar-refractivity contribution in [2.24, 2.45) is 0 Å². The Kier molecular flexibility index (Phi) is 3.52. The molecule has 0 saturated carbocycles. The molecule has 2 aromatic rings. The molecule has 0 aliphatic heterocycles. The van der Waals surface area contributed by atoms with E-state index >= 15 is 0 Å². The molecule has 0 aromatic carbocycles. The zero-order chi connectivity index (χ0) is 11.0. The van der Waals surface area contributed by atoms with Gasteiger partial charge in [0.05, 0.1) is 14.4 Å². The third-order valence-corrected chi connectivity index (χ3v) is 4.59. The molecule has 78 valence electrons. The van der Waals surface area contributed by atoms with E-state index in [-0.39, 0.29) is 10.3 Å². The van der Waals surface area contributed by atoms with Crippen molar-refractivity contribution < 1.29 is 0 Å². The molecule has 0 amide bonds. The lowest BCUT2D eigenvalue weighted by Crippen LogP contribution is -1.89. The highest BCUT2D eigenvalue weighted by Gasteiger charge is 2.11. The van der Waals surface area contributed by atoms with Crippen molar-refractivity contribution in [1.29, 1.82) is 0 Å². The number of halogens is 4. The first-order chi connectivity index (χ1) is 7.08. The highest BCUT2D eigenvalue weighted by molar-refractivity contribution is 9.10. The Morgan fingerprint density at radius 2 is 1.73 bits per heavy atom. The molecule has 2 heterocycles. The number of rotatable bonds is 1. The third kappa shape index (κ3) is 2.45. The first-order valence-electron chi connectivity index (χ1n) is 3.71. The van der Waals surface area contributed by atoms with Crippen LogP contribution in [-0.2, 0) is 0 Å². The van der Waals surface area contributed by atoms with Gasteiger partial charge in [0.25, 0.3) is 0 Å². The number of hydrogen-bond donors (Lipinski definition) is 0. The standard InChI is InChI=1S/C8H2BrCl3N2S/c9-5-6(11)13-8(14-7(5)12)4-1-3(10)2-15-4/h1-2H.